The van der Waals surface area contributed by atoms with E-state index in [4.69, 9.17) is 42.1 Å². The van der Waals surface area contributed by atoms with Crippen LogP contribution in [0.15, 0.2) is 97.1 Å². The van der Waals surface area contributed by atoms with Gasteiger partial charge in [0, 0.05) is 61.7 Å². The molecular weight excluding hydrogens is 675 g/mol. The maximum atomic E-state index is 13.4. The summed E-state index contributed by atoms with van der Waals surface area (Å²) in [6, 6.07) is 31.7. The van der Waals surface area contributed by atoms with Gasteiger partial charge in [0.2, 0.25) is 11.8 Å². The van der Waals surface area contributed by atoms with E-state index in [0.717, 1.165) is 46.5 Å². The van der Waals surface area contributed by atoms with Crippen LogP contribution in [0.4, 0.5) is 11.4 Å². The number of halogens is 2. The maximum absolute atomic E-state index is 13.4. The van der Waals surface area contributed by atoms with Crippen molar-refractivity contribution in [2.24, 2.45) is 0 Å². The van der Waals surface area contributed by atoms with Crippen LogP contribution in [0.1, 0.15) is 46.9 Å². The average molecular weight is 716 g/mol. The minimum absolute atomic E-state index is 0.132. The number of para-hydroxylation sites is 2. The quantitative estimate of drug-likeness (QED) is 0.159. The highest BCUT2D eigenvalue weighted by molar-refractivity contribution is 6.30. The highest BCUT2D eigenvalue weighted by Gasteiger charge is 2.68. The Morgan fingerprint density at radius 1 is 0.580 bits per heavy atom. The summed E-state index contributed by atoms with van der Waals surface area (Å²) in [5, 5.41) is 1.42. The highest BCUT2D eigenvalue weighted by atomic mass is 35.5. The van der Waals surface area contributed by atoms with Crippen molar-refractivity contribution in [1.82, 2.24) is 0 Å². The lowest BCUT2D eigenvalue weighted by Crippen LogP contribution is -2.39. The first-order valence-corrected chi connectivity index (χ1v) is 17.4. The van der Waals surface area contributed by atoms with E-state index < -0.39 is 23.4 Å². The fraction of sp³-hybridized carbons (Fsp3) is 0.350. The molecule has 2 spiro atoms. The lowest BCUT2D eigenvalue weighted by molar-refractivity contribution is -0.125. The van der Waals surface area contributed by atoms with Gasteiger partial charge in [0.05, 0.1) is 23.9 Å². The van der Waals surface area contributed by atoms with Gasteiger partial charge in [-0.25, -0.2) is 0 Å². The molecule has 10 heteroatoms. The third-order valence-electron chi connectivity index (χ3n) is 10.8. The number of ether oxygens (including phenoxy) is 4. The van der Waals surface area contributed by atoms with Crippen LogP contribution in [-0.2, 0) is 39.4 Å². The highest BCUT2D eigenvalue weighted by Crippen LogP contribution is 2.67. The summed E-state index contributed by atoms with van der Waals surface area (Å²) in [4.78, 5) is 30.3. The van der Waals surface area contributed by atoms with Gasteiger partial charge >= 0.3 is 0 Å². The van der Waals surface area contributed by atoms with Gasteiger partial charge < -0.3 is 28.7 Å². The molecule has 0 N–H and O–H groups in total. The molecule has 0 unspecified atom stereocenters. The molecule has 8 rings (SSSR count). The van der Waals surface area contributed by atoms with E-state index in [1.54, 1.807) is 28.4 Å². The molecule has 50 heavy (non-hydrogen) atoms. The monoisotopic (exact) mass is 714 g/mol. The first-order valence-electron chi connectivity index (χ1n) is 16.7. The lowest BCUT2D eigenvalue weighted by Gasteiger charge is -2.23. The second-order valence-corrected chi connectivity index (χ2v) is 14.1. The van der Waals surface area contributed by atoms with E-state index >= 15 is 0 Å². The van der Waals surface area contributed by atoms with Crippen LogP contribution in [0.3, 0.4) is 0 Å². The zero-order chi connectivity index (χ0) is 35.2. The summed E-state index contributed by atoms with van der Waals surface area (Å²) < 4.78 is 21.2. The molecule has 0 aromatic heterocycles. The number of hydrogen-bond donors (Lipinski definition) is 0. The lowest BCUT2D eigenvalue weighted by atomic mass is 9.92. The van der Waals surface area contributed by atoms with Crippen molar-refractivity contribution in [3.63, 3.8) is 0 Å². The molecule has 8 nitrogen and oxygen atoms in total. The van der Waals surface area contributed by atoms with Crippen molar-refractivity contribution < 1.29 is 28.5 Å². The zero-order valence-electron chi connectivity index (χ0n) is 28.5. The third kappa shape index (κ3) is 5.72. The molecule has 2 aliphatic carbocycles. The molecule has 4 aromatic carbocycles. The van der Waals surface area contributed by atoms with Crippen molar-refractivity contribution in [3.8, 4) is 0 Å². The second kappa shape index (κ2) is 13.8. The minimum Gasteiger partial charge on any atom is -0.354 e. The molecule has 2 heterocycles. The molecule has 4 aromatic rings. The Hall–Kier alpha value is -3.76. The summed E-state index contributed by atoms with van der Waals surface area (Å²) in [5.74, 6) is 0.638. The number of fused-ring (bicyclic) bond motifs is 4. The van der Waals surface area contributed by atoms with Crippen molar-refractivity contribution in [2.45, 2.75) is 48.1 Å². The summed E-state index contributed by atoms with van der Waals surface area (Å²) in [7, 11) is 6.35. The van der Waals surface area contributed by atoms with Gasteiger partial charge in [-0.2, -0.15) is 0 Å². The van der Waals surface area contributed by atoms with Crippen LogP contribution in [0.2, 0.25) is 10.0 Å². The van der Waals surface area contributed by atoms with Crippen LogP contribution in [0.5, 0.6) is 0 Å². The van der Waals surface area contributed by atoms with Crippen LogP contribution >= 0.6 is 23.2 Å². The van der Waals surface area contributed by atoms with Crippen molar-refractivity contribution >= 4 is 46.4 Å². The molecule has 2 amide bonds. The topological polar surface area (TPSA) is 77.5 Å². The predicted octanol–water partition coefficient (Wildman–Crippen LogP) is 7.46. The van der Waals surface area contributed by atoms with Gasteiger partial charge in [-0.15, -0.1) is 0 Å². The zero-order valence-corrected chi connectivity index (χ0v) is 30.0. The largest absolute Gasteiger partial charge is 0.354 e. The molecule has 260 valence electrons. The molecular formula is C40H40Cl2N2O6. The van der Waals surface area contributed by atoms with Crippen molar-refractivity contribution in [3.05, 3.63) is 129 Å². The Morgan fingerprint density at radius 3 is 1.26 bits per heavy atom. The smallest absolute Gasteiger partial charge is 0.238 e. The Morgan fingerprint density at radius 2 is 0.920 bits per heavy atom. The molecule has 4 atom stereocenters. The summed E-state index contributed by atoms with van der Waals surface area (Å²) in [5.41, 5.74) is 5.52. The van der Waals surface area contributed by atoms with E-state index in [0.29, 0.717) is 23.1 Å². The number of nitrogens with zero attached hydrogens (tertiary/aromatic N) is 2. The third-order valence-corrected chi connectivity index (χ3v) is 11.3. The number of benzene rings is 4. The molecule has 0 bridgehead atoms. The number of carbonyl (C=O) groups is 2. The fourth-order valence-corrected chi connectivity index (χ4v) is 8.30. The van der Waals surface area contributed by atoms with Crippen molar-refractivity contribution in [1.29, 1.82) is 0 Å². The van der Waals surface area contributed by atoms with E-state index in [1.807, 2.05) is 94.7 Å². The van der Waals surface area contributed by atoms with Gasteiger partial charge in [0.15, 0.2) is 12.6 Å². The predicted molar refractivity (Wildman–Crippen MR) is 194 cm³/mol. The summed E-state index contributed by atoms with van der Waals surface area (Å²) in [6.45, 7) is 0.774. The van der Waals surface area contributed by atoms with Crippen LogP contribution in [-0.4, -0.2) is 65.9 Å². The molecule has 2 fully saturated rings. The molecule has 2 aliphatic heterocycles. The second-order valence-electron chi connectivity index (χ2n) is 13.2. The number of methoxy groups -OCH3 is 4. The van der Waals surface area contributed by atoms with Gasteiger partial charge in [-0.05, 0) is 71.5 Å². The van der Waals surface area contributed by atoms with Gasteiger partial charge in [0.1, 0.15) is 0 Å². The first kappa shape index (κ1) is 34.7. The van der Waals surface area contributed by atoms with E-state index in [1.165, 1.54) is 0 Å². The van der Waals surface area contributed by atoms with Crippen LogP contribution < -0.4 is 9.80 Å². The Balaban J connectivity index is 0.000000157. The van der Waals surface area contributed by atoms with Gasteiger partial charge in [-0.1, -0.05) is 83.9 Å². The molecule has 4 aliphatic rings. The Labute approximate surface area is 302 Å². The summed E-state index contributed by atoms with van der Waals surface area (Å²) in [6.07, 6.45) is 0.761. The fourth-order valence-electron chi connectivity index (χ4n) is 8.04. The normalized spacial score (nSPS) is 24.2. The van der Waals surface area contributed by atoms with Crippen molar-refractivity contribution in [2.75, 3.05) is 51.3 Å². The molecule has 0 radical (unpaired) electrons. The Bertz CT molecular complexity index is 1740. The molecule has 2 saturated carbocycles. The van der Waals surface area contributed by atoms with Crippen LogP contribution in [0.25, 0.3) is 0 Å². The number of amides is 2. The summed E-state index contributed by atoms with van der Waals surface area (Å²) >= 11 is 12.0. The maximum Gasteiger partial charge on any atom is 0.238 e. The average Bonchev–Trinajstić information content (AvgIpc) is 4.05. The van der Waals surface area contributed by atoms with Gasteiger partial charge in [-0.3, -0.25) is 9.59 Å². The Kier molecular flexibility index (Phi) is 9.54. The SMILES string of the molecule is COC(CN1C(=O)[C@@]2(C[C@H]2c2ccc(Cl)cc2)c2ccccc21)OC.COC(CN1C(=O)[C@]2(C[C@@H]2c2ccc(Cl)cc2)c2ccccc21)OC. The number of hydrogen-bond acceptors (Lipinski definition) is 6. The minimum atomic E-state index is -0.462. The van der Waals surface area contributed by atoms with Gasteiger partial charge in [0.25, 0.3) is 0 Å². The standard InChI is InChI=1S/2C20H20ClNO3/c2*1-24-18(25-2)12-22-17-6-4-3-5-15(17)20(19(22)23)11-16(20)13-7-9-14(21)10-8-13/h2*3-10,16,18H,11-12H2,1-2H3/t2*16-,20-/m10/s1. The first-order chi connectivity index (χ1) is 24.2. The number of anilines is 2. The van der Waals surface area contributed by atoms with E-state index in [9.17, 15) is 9.59 Å². The van der Waals surface area contributed by atoms with E-state index in [-0.39, 0.29) is 23.7 Å². The molecule has 0 saturated heterocycles. The number of rotatable bonds is 10. The van der Waals surface area contributed by atoms with E-state index in [2.05, 4.69) is 12.1 Å². The van der Waals surface area contributed by atoms with Crippen LogP contribution in [0, 0.1) is 0 Å². The number of carbonyl (C=O) groups excluding carboxylic acids is 2.